The van der Waals surface area contributed by atoms with E-state index in [1.54, 1.807) is 0 Å². The number of halogens is 3. The summed E-state index contributed by atoms with van der Waals surface area (Å²) in [5.74, 6) is 0.897. The zero-order valence-electron chi connectivity index (χ0n) is 15.7. The Bertz CT molecular complexity index is 737. The number of benzene rings is 1. The molecule has 4 aliphatic carbocycles. The molecule has 0 unspecified atom stereocenters. The van der Waals surface area contributed by atoms with Gasteiger partial charge in [-0.25, -0.2) is 4.79 Å². The molecule has 0 radical (unpaired) electrons. The maximum atomic E-state index is 12.6. The van der Waals surface area contributed by atoms with Crippen LogP contribution in [-0.2, 0) is 15.7 Å². The predicted molar refractivity (Wildman–Crippen MR) is 95.4 cm³/mol. The van der Waals surface area contributed by atoms with Crippen LogP contribution in [-0.4, -0.2) is 23.5 Å². The molecule has 1 amide bonds. The quantitative estimate of drug-likeness (QED) is 0.772. The molecule has 0 aliphatic heterocycles. The van der Waals surface area contributed by atoms with Gasteiger partial charge >= 0.3 is 12.1 Å². The monoisotopic (exact) mass is 395 g/mol. The number of hydrogen-bond donors (Lipinski definition) is 1. The minimum absolute atomic E-state index is 0.0116. The van der Waals surface area contributed by atoms with Crippen molar-refractivity contribution in [3.8, 4) is 0 Å². The molecular weight excluding hydrogens is 371 g/mol. The molecule has 4 aliphatic rings. The van der Waals surface area contributed by atoms with Crippen molar-refractivity contribution in [1.29, 1.82) is 0 Å². The van der Waals surface area contributed by atoms with Crippen LogP contribution in [0.25, 0.3) is 0 Å². The van der Waals surface area contributed by atoms with Gasteiger partial charge in [0.1, 0.15) is 0 Å². The van der Waals surface area contributed by atoms with Crippen LogP contribution in [0.5, 0.6) is 0 Å². The Morgan fingerprint density at radius 2 is 1.54 bits per heavy atom. The van der Waals surface area contributed by atoms with Crippen molar-refractivity contribution in [2.75, 3.05) is 0 Å². The SMILES string of the molecule is C[C@@H](OC(=O)c1ccc(C(F)(F)F)cc1)C(=O)NC12CC3CC(CC(C3)C1)C2. The van der Waals surface area contributed by atoms with Crippen LogP contribution in [0, 0.1) is 17.8 Å². The highest BCUT2D eigenvalue weighted by Gasteiger charge is 2.51. The van der Waals surface area contributed by atoms with E-state index in [2.05, 4.69) is 5.32 Å². The van der Waals surface area contributed by atoms with E-state index in [1.165, 1.54) is 26.2 Å². The van der Waals surface area contributed by atoms with Crippen molar-refractivity contribution < 1.29 is 27.5 Å². The van der Waals surface area contributed by atoms with Gasteiger partial charge in [0.25, 0.3) is 5.91 Å². The molecule has 0 aromatic heterocycles. The molecule has 1 atom stereocenters. The van der Waals surface area contributed by atoms with Crippen molar-refractivity contribution in [3.63, 3.8) is 0 Å². The number of hydrogen-bond acceptors (Lipinski definition) is 3. The Balaban J connectivity index is 1.36. The third kappa shape index (κ3) is 3.76. The second-order valence-corrected chi connectivity index (χ2v) is 8.81. The molecule has 1 aromatic carbocycles. The third-order valence-electron chi connectivity index (χ3n) is 6.53. The largest absolute Gasteiger partial charge is 0.449 e. The predicted octanol–water partition coefficient (Wildman–Crippen LogP) is 4.34. The average Bonchev–Trinajstić information content (AvgIpc) is 2.59. The molecule has 4 fully saturated rings. The topological polar surface area (TPSA) is 55.4 Å². The van der Waals surface area contributed by atoms with Crippen molar-refractivity contribution >= 4 is 11.9 Å². The molecule has 4 bridgehead atoms. The zero-order valence-corrected chi connectivity index (χ0v) is 15.7. The summed E-state index contributed by atoms with van der Waals surface area (Å²) in [5, 5.41) is 3.15. The second kappa shape index (κ2) is 6.78. The highest BCUT2D eigenvalue weighted by Crippen LogP contribution is 2.55. The Kier molecular flexibility index (Phi) is 4.67. The first-order valence-electron chi connectivity index (χ1n) is 9.84. The summed E-state index contributed by atoms with van der Waals surface area (Å²) in [6.45, 7) is 1.50. The Hall–Kier alpha value is -2.05. The maximum Gasteiger partial charge on any atom is 0.416 e. The molecule has 4 nitrogen and oxygen atoms in total. The number of alkyl halides is 3. The number of rotatable bonds is 4. The molecule has 7 heteroatoms. The zero-order chi connectivity index (χ0) is 20.1. The highest BCUT2D eigenvalue weighted by atomic mass is 19.4. The summed E-state index contributed by atoms with van der Waals surface area (Å²) < 4.78 is 43.1. The smallest absolute Gasteiger partial charge is 0.416 e. The van der Waals surface area contributed by atoms with Crippen LogP contribution < -0.4 is 5.32 Å². The lowest BCUT2D eigenvalue weighted by Gasteiger charge is -2.57. The Morgan fingerprint density at radius 3 is 2.00 bits per heavy atom. The van der Waals surface area contributed by atoms with Crippen molar-refractivity contribution in [2.24, 2.45) is 17.8 Å². The molecule has 152 valence electrons. The van der Waals surface area contributed by atoms with Gasteiger partial charge in [-0.05, 0) is 87.5 Å². The van der Waals surface area contributed by atoms with E-state index >= 15 is 0 Å². The minimum atomic E-state index is -4.46. The van der Waals surface area contributed by atoms with Crippen molar-refractivity contribution in [1.82, 2.24) is 5.32 Å². The van der Waals surface area contributed by atoms with E-state index in [0.717, 1.165) is 43.5 Å². The fraction of sp³-hybridized carbons (Fsp3) is 0.619. The first-order valence-corrected chi connectivity index (χ1v) is 9.84. The number of nitrogens with one attached hydrogen (secondary N) is 1. The van der Waals surface area contributed by atoms with E-state index in [9.17, 15) is 22.8 Å². The van der Waals surface area contributed by atoms with E-state index in [0.29, 0.717) is 17.8 Å². The molecule has 28 heavy (non-hydrogen) atoms. The molecule has 0 spiro atoms. The van der Waals surface area contributed by atoms with E-state index < -0.39 is 23.8 Å². The van der Waals surface area contributed by atoms with Gasteiger partial charge in [-0.3, -0.25) is 4.79 Å². The first kappa shape index (κ1) is 19.3. The number of amides is 1. The summed E-state index contributed by atoms with van der Waals surface area (Å²) in [6, 6.07) is 3.79. The summed E-state index contributed by atoms with van der Waals surface area (Å²) in [7, 11) is 0. The third-order valence-corrected chi connectivity index (χ3v) is 6.53. The molecule has 4 saturated carbocycles. The van der Waals surface area contributed by atoms with Gasteiger partial charge in [-0.1, -0.05) is 0 Å². The average molecular weight is 395 g/mol. The number of carbonyl (C=O) groups excluding carboxylic acids is 2. The Labute approximate surface area is 161 Å². The summed E-state index contributed by atoms with van der Waals surface area (Å²) >= 11 is 0. The molecular formula is C21H24F3NO3. The lowest BCUT2D eigenvalue weighted by molar-refractivity contribution is -0.137. The van der Waals surface area contributed by atoms with E-state index in [-0.39, 0.29) is 17.0 Å². The Morgan fingerprint density at radius 1 is 1.04 bits per heavy atom. The van der Waals surface area contributed by atoms with Gasteiger partial charge in [0.2, 0.25) is 0 Å². The minimum Gasteiger partial charge on any atom is -0.449 e. The fourth-order valence-corrected chi connectivity index (χ4v) is 5.70. The van der Waals surface area contributed by atoms with Crippen LogP contribution >= 0.6 is 0 Å². The van der Waals surface area contributed by atoms with Gasteiger partial charge in [-0.15, -0.1) is 0 Å². The lowest BCUT2D eigenvalue weighted by Crippen LogP contribution is -2.61. The van der Waals surface area contributed by atoms with Gasteiger partial charge in [0.15, 0.2) is 6.10 Å². The molecule has 1 aromatic rings. The number of ether oxygens (including phenoxy) is 1. The standard InChI is InChI=1S/C21H24F3NO3/c1-12(28-19(27)16-2-4-17(5-3-16)21(22,23)24)18(26)25-20-9-13-6-14(10-20)8-15(7-13)11-20/h2-5,12-15H,6-11H2,1H3,(H,25,26)/t12-,13?,14?,15?,20?/m1/s1. The van der Waals surface area contributed by atoms with Gasteiger partial charge in [0.05, 0.1) is 11.1 Å². The van der Waals surface area contributed by atoms with Crippen LogP contribution in [0.1, 0.15) is 61.4 Å². The van der Waals surface area contributed by atoms with Crippen LogP contribution in [0.2, 0.25) is 0 Å². The van der Waals surface area contributed by atoms with E-state index in [1.807, 2.05) is 0 Å². The fourth-order valence-electron chi connectivity index (χ4n) is 5.70. The van der Waals surface area contributed by atoms with Gasteiger partial charge in [-0.2, -0.15) is 13.2 Å². The summed E-state index contributed by atoms with van der Waals surface area (Å²) in [5.41, 5.74) is -1.03. The van der Waals surface area contributed by atoms with Crippen molar-refractivity contribution in [2.45, 2.75) is 63.3 Å². The molecule has 1 N–H and O–H groups in total. The lowest BCUT2D eigenvalue weighted by atomic mass is 9.53. The van der Waals surface area contributed by atoms with Crippen LogP contribution in [0.4, 0.5) is 13.2 Å². The van der Waals surface area contributed by atoms with Gasteiger partial charge < -0.3 is 10.1 Å². The molecule has 0 saturated heterocycles. The van der Waals surface area contributed by atoms with E-state index in [4.69, 9.17) is 4.74 Å². The highest BCUT2D eigenvalue weighted by molar-refractivity contribution is 5.92. The molecule has 5 rings (SSSR count). The molecule has 0 heterocycles. The normalized spacial score (nSPS) is 32.1. The second-order valence-electron chi connectivity index (χ2n) is 8.81. The van der Waals surface area contributed by atoms with Gasteiger partial charge in [0, 0.05) is 5.54 Å². The summed E-state index contributed by atoms with van der Waals surface area (Å²) in [6.07, 6.45) is 1.28. The van der Waals surface area contributed by atoms with Crippen LogP contribution in [0.15, 0.2) is 24.3 Å². The summed E-state index contributed by atoms with van der Waals surface area (Å²) in [4.78, 5) is 24.8. The van der Waals surface area contributed by atoms with Crippen LogP contribution in [0.3, 0.4) is 0 Å². The number of esters is 1. The first-order chi connectivity index (χ1) is 13.1. The number of carbonyl (C=O) groups is 2. The van der Waals surface area contributed by atoms with Crippen molar-refractivity contribution in [3.05, 3.63) is 35.4 Å². The maximum absolute atomic E-state index is 12.6.